The van der Waals surface area contributed by atoms with E-state index in [0.29, 0.717) is 5.69 Å². The minimum absolute atomic E-state index is 0.115. The first kappa shape index (κ1) is 19.0. The number of hydrogen-bond donors (Lipinski definition) is 1. The van der Waals surface area contributed by atoms with Crippen LogP contribution in [0.3, 0.4) is 0 Å². The Bertz CT molecular complexity index is 816. The molecule has 0 amide bonds. The van der Waals surface area contributed by atoms with Gasteiger partial charge in [-0.05, 0) is 43.2 Å². The number of anilines is 2. The zero-order chi connectivity index (χ0) is 18.6. The van der Waals surface area contributed by atoms with E-state index in [1.165, 1.54) is 11.8 Å². The summed E-state index contributed by atoms with van der Waals surface area (Å²) in [5.41, 5.74) is 1.37. The van der Waals surface area contributed by atoms with Gasteiger partial charge in [-0.2, -0.15) is 13.2 Å². The lowest BCUT2D eigenvalue weighted by atomic mass is 10.1. The lowest BCUT2D eigenvalue weighted by molar-refractivity contribution is -0.141. The van der Waals surface area contributed by atoms with Gasteiger partial charge >= 0.3 is 6.18 Å². The Morgan fingerprint density at radius 1 is 1.28 bits per heavy atom. The molecule has 1 aromatic carbocycles. The third-order valence-corrected chi connectivity index (χ3v) is 4.15. The molecule has 2 rings (SSSR count). The van der Waals surface area contributed by atoms with Crippen molar-refractivity contribution in [2.75, 3.05) is 12.4 Å². The van der Waals surface area contributed by atoms with Crippen LogP contribution in [0.1, 0.15) is 23.7 Å². The Hall–Kier alpha value is -2.35. The summed E-state index contributed by atoms with van der Waals surface area (Å²) in [4.78, 5) is 12.2. The molecule has 1 heterocycles. The number of thioether (sulfide) groups is 1. The van der Waals surface area contributed by atoms with E-state index in [1.807, 2.05) is 19.9 Å². The number of nitrogens with zero attached hydrogens (tertiary/aromatic N) is 3. The van der Waals surface area contributed by atoms with E-state index in [2.05, 4.69) is 26.9 Å². The minimum Gasteiger partial charge on any atom is -0.324 e. The molecule has 0 atom stereocenters. The lowest BCUT2D eigenvalue weighted by Gasteiger charge is -2.12. The van der Waals surface area contributed by atoms with Crippen molar-refractivity contribution < 1.29 is 13.2 Å². The van der Waals surface area contributed by atoms with Crippen LogP contribution in [0.4, 0.5) is 24.8 Å². The van der Waals surface area contributed by atoms with Crippen LogP contribution in [0.15, 0.2) is 42.0 Å². The molecule has 0 aliphatic heterocycles. The third-order valence-electron chi connectivity index (χ3n) is 3.19. The first-order valence-corrected chi connectivity index (χ1v) is 8.10. The van der Waals surface area contributed by atoms with Crippen molar-refractivity contribution in [2.45, 2.75) is 20.0 Å². The van der Waals surface area contributed by atoms with Crippen LogP contribution in [0.5, 0.6) is 0 Å². The van der Waals surface area contributed by atoms with E-state index in [1.54, 1.807) is 19.2 Å². The van der Waals surface area contributed by atoms with Crippen molar-refractivity contribution in [1.82, 2.24) is 9.97 Å². The van der Waals surface area contributed by atoms with Gasteiger partial charge in [-0.3, -0.25) is 4.99 Å². The highest BCUT2D eigenvalue weighted by atomic mass is 32.2. The van der Waals surface area contributed by atoms with Gasteiger partial charge in [-0.15, -0.1) is 0 Å². The van der Waals surface area contributed by atoms with Gasteiger partial charge < -0.3 is 5.32 Å². The van der Waals surface area contributed by atoms with Crippen LogP contribution in [-0.2, 0) is 6.18 Å². The molecule has 0 spiro atoms. The smallest absolute Gasteiger partial charge is 0.324 e. The van der Waals surface area contributed by atoms with Gasteiger partial charge in [0.15, 0.2) is 0 Å². The maximum atomic E-state index is 12.8. The van der Waals surface area contributed by atoms with Crippen molar-refractivity contribution in [2.24, 2.45) is 4.99 Å². The number of aliphatic imine (C=N–C) groups is 1. The Labute approximate surface area is 148 Å². The summed E-state index contributed by atoms with van der Waals surface area (Å²) >= 11 is 1.43. The molecule has 2 aromatic rings. The number of alkyl halides is 3. The number of aromatic nitrogens is 2. The van der Waals surface area contributed by atoms with Crippen LogP contribution in [0.2, 0.25) is 0 Å². The van der Waals surface area contributed by atoms with Gasteiger partial charge in [0.25, 0.3) is 0 Å². The normalized spacial score (nSPS) is 12.2. The van der Waals surface area contributed by atoms with E-state index >= 15 is 0 Å². The third kappa shape index (κ3) is 5.32. The number of halogens is 3. The summed E-state index contributed by atoms with van der Waals surface area (Å²) in [6.45, 7) is 7.79. The van der Waals surface area contributed by atoms with Crippen LogP contribution < -0.4 is 5.32 Å². The fourth-order valence-corrected chi connectivity index (χ4v) is 2.69. The summed E-state index contributed by atoms with van der Waals surface area (Å²) < 4.78 is 38.3. The van der Waals surface area contributed by atoms with Crippen molar-refractivity contribution in [3.63, 3.8) is 0 Å². The van der Waals surface area contributed by atoms with Crippen molar-refractivity contribution >= 4 is 33.3 Å². The number of nitrogens with one attached hydrogen (secondary N) is 1. The van der Waals surface area contributed by atoms with E-state index in [-0.39, 0.29) is 5.95 Å². The Morgan fingerprint density at radius 2 is 2.00 bits per heavy atom. The minimum atomic E-state index is -4.51. The molecule has 0 aliphatic carbocycles. The number of aryl methyl sites for hydroxylation is 1. The van der Waals surface area contributed by atoms with Gasteiger partial charge in [0.05, 0.1) is 5.04 Å². The zero-order valence-electron chi connectivity index (χ0n) is 14.0. The number of hydrogen-bond acceptors (Lipinski definition) is 5. The molecule has 0 radical (unpaired) electrons. The van der Waals surface area contributed by atoms with Gasteiger partial charge in [0, 0.05) is 23.8 Å². The molecule has 0 unspecified atom stereocenters. The monoisotopic (exact) mass is 366 g/mol. The number of benzene rings is 1. The molecule has 0 fully saturated rings. The second-order valence-corrected chi connectivity index (χ2v) is 6.53. The van der Waals surface area contributed by atoms with Crippen molar-refractivity contribution in [1.29, 1.82) is 0 Å². The highest BCUT2D eigenvalue weighted by molar-refractivity contribution is 8.21. The van der Waals surface area contributed by atoms with Gasteiger partial charge in [-0.1, -0.05) is 24.4 Å². The molecule has 1 N–H and O–H groups in total. The summed E-state index contributed by atoms with van der Waals surface area (Å²) in [5, 5.41) is 3.68. The Balaban J connectivity index is 2.28. The fourth-order valence-electron chi connectivity index (χ4n) is 2.01. The molecular formula is C17H17F3N4S. The molecular weight excluding hydrogens is 349 g/mol. The zero-order valence-corrected chi connectivity index (χ0v) is 14.8. The number of rotatable bonds is 4. The average Bonchev–Trinajstić information content (AvgIpc) is 2.53. The molecule has 1 aromatic heterocycles. The van der Waals surface area contributed by atoms with Gasteiger partial charge in [0.2, 0.25) is 5.95 Å². The average molecular weight is 366 g/mol. The standard InChI is InChI=1S/C17H17F3N4S/c1-10-7-13(11(2)25-12(3)21-4)9-14(8-10)23-16-22-6-5-15(24-16)17(18,19)20/h5-9H,2H2,1,3-4H3,(H,22,23,24). The van der Waals surface area contributed by atoms with E-state index in [9.17, 15) is 13.2 Å². The molecule has 8 heteroatoms. The van der Waals surface area contributed by atoms with Crippen LogP contribution in [0, 0.1) is 6.92 Å². The van der Waals surface area contributed by atoms with Crippen LogP contribution >= 0.6 is 11.8 Å². The van der Waals surface area contributed by atoms with Crippen molar-refractivity contribution in [3.05, 3.63) is 53.9 Å². The maximum absolute atomic E-state index is 12.8. The molecule has 0 aliphatic rings. The highest BCUT2D eigenvalue weighted by Gasteiger charge is 2.32. The van der Waals surface area contributed by atoms with E-state index < -0.39 is 11.9 Å². The summed E-state index contributed by atoms with van der Waals surface area (Å²) in [7, 11) is 1.70. The highest BCUT2D eigenvalue weighted by Crippen LogP contribution is 2.31. The predicted molar refractivity (Wildman–Crippen MR) is 97.2 cm³/mol. The molecule has 132 valence electrons. The van der Waals surface area contributed by atoms with Crippen LogP contribution in [0.25, 0.3) is 4.91 Å². The first-order valence-electron chi connectivity index (χ1n) is 7.28. The van der Waals surface area contributed by atoms with Gasteiger partial charge in [0.1, 0.15) is 5.69 Å². The fraction of sp³-hybridized carbons (Fsp3) is 0.235. The van der Waals surface area contributed by atoms with E-state index in [0.717, 1.165) is 33.3 Å². The molecule has 25 heavy (non-hydrogen) atoms. The first-order chi connectivity index (χ1) is 11.7. The Kier molecular flexibility index (Phi) is 5.84. The quantitative estimate of drug-likeness (QED) is 0.589. The maximum Gasteiger partial charge on any atom is 0.433 e. The topological polar surface area (TPSA) is 50.2 Å². The summed E-state index contributed by atoms with van der Waals surface area (Å²) in [6, 6.07) is 6.36. The summed E-state index contributed by atoms with van der Waals surface area (Å²) in [6.07, 6.45) is -3.44. The van der Waals surface area contributed by atoms with Gasteiger partial charge in [-0.25, -0.2) is 9.97 Å². The largest absolute Gasteiger partial charge is 0.433 e. The second-order valence-electron chi connectivity index (χ2n) is 5.24. The lowest BCUT2D eigenvalue weighted by Crippen LogP contribution is -2.10. The van der Waals surface area contributed by atoms with Crippen molar-refractivity contribution in [3.8, 4) is 0 Å². The summed E-state index contributed by atoms with van der Waals surface area (Å²) in [5.74, 6) is -0.115. The Morgan fingerprint density at radius 3 is 2.64 bits per heavy atom. The SMILES string of the molecule is C=C(SC(C)=NC)c1cc(C)cc(Nc2nccc(C(F)(F)F)n2)c1. The predicted octanol–water partition coefficient (Wildman–Crippen LogP) is 5.30. The molecule has 4 nitrogen and oxygen atoms in total. The molecule has 0 bridgehead atoms. The second kappa shape index (κ2) is 7.69. The molecule has 0 saturated heterocycles. The van der Waals surface area contributed by atoms with E-state index in [4.69, 9.17) is 0 Å². The van der Waals surface area contributed by atoms with Crippen LogP contribution in [-0.4, -0.2) is 22.1 Å². The molecule has 0 saturated carbocycles.